The molecule has 0 spiro atoms. The number of hydrogen-bond donors (Lipinski definition) is 1. The van der Waals surface area contributed by atoms with E-state index in [2.05, 4.69) is 9.97 Å². The van der Waals surface area contributed by atoms with E-state index < -0.39 is 5.97 Å². The first-order valence-electron chi connectivity index (χ1n) is 11.5. The Labute approximate surface area is 241 Å². The number of rotatable bonds is 1. The molecule has 0 aliphatic rings. The SMILES string of the molecule is Cc1c([O-])cccc1C(=O)O.Cc1ccc2c(C#N)ccc([O-])c2n1.Cc1ccc2c(C#N)ccc([O-])c2n1.[Al+3]. The van der Waals surface area contributed by atoms with Gasteiger partial charge < -0.3 is 20.4 Å². The maximum absolute atomic E-state index is 11.4. The van der Waals surface area contributed by atoms with Gasteiger partial charge in [-0.25, -0.2) is 4.79 Å². The first-order chi connectivity index (χ1) is 18.6. The summed E-state index contributed by atoms with van der Waals surface area (Å²) in [6.07, 6.45) is 0. The number of carboxylic acid groups (broad SMARTS) is 1. The van der Waals surface area contributed by atoms with Crippen LogP contribution in [0.4, 0.5) is 0 Å². The van der Waals surface area contributed by atoms with Gasteiger partial charge in [0.2, 0.25) is 0 Å². The Morgan fingerprint density at radius 3 is 1.52 bits per heavy atom. The van der Waals surface area contributed by atoms with Gasteiger partial charge in [0.05, 0.1) is 39.9 Å². The van der Waals surface area contributed by atoms with E-state index in [1.165, 1.54) is 49.4 Å². The number of carboxylic acids is 1. The molecule has 0 fully saturated rings. The van der Waals surface area contributed by atoms with Crippen LogP contribution in [0.1, 0.15) is 38.4 Å². The zero-order valence-corrected chi connectivity index (χ0v) is 23.0. The third-order valence-electron chi connectivity index (χ3n) is 5.67. The molecule has 0 aliphatic carbocycles. The fourth-order valence-corrected chi connectivity index (χ4v) is 3.62. The number of pyridine rings is 2. The fraction of sp³-hybridized carbons (Fsp3) is 0.100. The van der Waals surface area contributed by atoms with Gasteiger partial charge in [-0.15, -0.1) is 5.75 Å². The van der Waals surface area contributed by atoms with E-state index in [-0.39, 0.29) is 40.2 Å². The molecule has 0 radical (unpaired) electrons. The number of nitriles is 2. The van der Waals surface area contributed by atoms with Gasteiger partial charge in [-0.2, -0.15) is 10.5 Å². The van der Waals surface area contributed by atoms with Crippen LogP contribution in [0.2, 0.25) is 0 Å². The minimum atomic E-state index is -1.06. The molecule has 9 nitrogen and oxygen atoms in total. The predicted molar refractivity (Wildman–Crippen MR) is 145 cm³/mol. The molecule has 0 atom stereocenters. The average Bonchev–Trinajstić information content (AvgIpc) is 2.92. The Kier molecular flexibility index (Phi) is 10.6. The number of nitrogens with zero attached hydrogens (tertiary/aromatic N) is 4. The van der Waals surface area contributed by atoms with Gasteiger partial charge >= 0.3 is 23.3 Å². The number of carbonyl (C=O) groups is 1. The standard InChI is InChI=1S/2C11H8N2O.C8H8O3.Al/c2*1-7-2-4-9-8(6-12)3-5-10(14)11(9)13-7;1-5-6(8(10)11)3-2-4-7(5)9;/h2*2-5,14H,1H3;2-4,9H,1H3,(H,10,11);/q;;;+3/p-3. The van der Waals surface area contributed by atoms with Crippen molar-refractivity contribution in [2.24, 2.45) is 0 Å². The van der Waals surface area contributed by atoms with Crippen molar-refractivity contribution >= 4 is 45.1 Å². The second-order valence-corrected chi connectivity index (χ2v) is 8.38. The molecule has 0 amide bonds. The van der Waals surface area contributed by atoms with Crippen LogP contribution < -0.4 is 15.3 Å². The predicted octanol–water partition coefficient (Wildman–Crippen LogP) is 3.36. The Hall–Kier alpha value is -5.14. The van der Waals surface area contributed by atoms with Crippen molar-refractivity contribution in [1.29, 1.82) is 10.5 Å². The zero-order valence-electron chi connectivity index (χ0n) is 21.8. The minimum Gasteiger partial charge on any atom is -0.872 e. The summed E-state index contributed by atoms with van der Waals surface area (Å²) in [5.74, 6) is -1.56. The second kappa shape index (κ2) is 13.6. The van der Waals surface area contributed by atoms with E-state index >= 15 is 0 Å². The van der Waals surface area contributed by atoms with Gasteiger partial charge in [0.15, 0.2) is 0 Å². The molecule has 5 rings (SSSR count). The Morgan fingerprint density at radius 1 is 0.700 bits per heavy atom. The Bertz CT molecular complexity index is 1690. The molecule has 1 N–H and O–H groups in total. The van der Waals surface area contributed by atoms with Crippen LogP contribution in [0, 0.1) is 43.4 Å². The van der Waals surface area contributed by atoms with Gasteiger partial charge in [-0.1, -0.05) is 35.8 Å². The molecular weight excluding hydrogens is 523 g/mol. The van der Waals surface area contributed by atoms with E-state index in [0.29, 0.717) is 38.5 Å². The molecule has 0 unspecified atom stereocenters. The summed E-state index contributed by atoms with van der Waals surface area (Å²) >= 11 is 0. The molecule has 10 heteroatoms. The maximum Gasteiger partial charge on any atom is 3.00 e. The summed E-state index contributed by atoms with van der Waals surface area (Å²) in [5, 5.41) is 61.2. The molecular formula is C30H21AlN4O5. The zero-order chi connectivity index (χ0) is 28.7. The van der Waals surface area contributed by atoms with E-state index in [1.54, 1.807) is 24.3 Å². The van der Waals surface area contributed by atoms with Gasteiger partial charge in [0, 0.05) is 22.2 Å². The molecule has 5 aromatic rings. The first kappa shape index (κ1) is 31.1. The van der Waals surface area contributed by atoms with Crippen molar-refractivity contribution < 1.29 is 25.2 Å². The summed E-state index contributed by atoms with van der Waals surface area (Å²) < 4.78 is 0. The topological polar surface area (TPSA) is 180 Å². The molecule has 40 heavy (non-hydrogen) atoms. The normalized spacial score (nSPS) is 9.62. The van der Waals surface area contributed by atoms with Gasteiger partial charge in [-0.3, -0.25) is 9.97 Å². The third kappa shape index (κ3) is 7.04. The van der Waals surface area contributed by atoms with Crippen LogP contribution in [-0.4, -0.2) is 38.4 Å². The fourth-order valence-electron chi connectivity index (χ4n) is 3.62. The smallest absolute Gasteiger partial charge is 0.872 e. The van der Waals surface area contributed by atoms with Crippen molar-refractivity contribution in [3.05, 3.63) is 100 Å². The summed E-state index contributed by atoms with van der Waals surface area (Å²) in [7, 11) is 0. The van der Waals surface area contributed by atoms with Crippen molar-refractivity contribution in [2.75, 3.05) is 0 Å². The van der Waals surface area contributed by atoms with Crippen LogP contribution in [-0.2, 0) is 0 Å². The molecule has 0 bridgehead atoms. The number of fused-ring (bicyclic) bond motifs is 2. The largest absolute Gasteiger partial charge is 3.00 e. The number of hydrogen-bond acceptors (Lipinski definition) is 8. The summed E-state index contributed by atoms with van der Waals surface area (Å²) in [4.78, 5) is 18.7. The van der Waals surface area contributed by atoms with Crippen molar-refractivity contribution in [2.45, 2.75) is 20.8 Å². The molecule has 0 aliphatic heterocycles. The van der Waals surface area contributed by atoms with Crippen LogP contribution in [0.3, 0.4) is 0 Å². The number of aryl methyl sites for hydroxylation is 2. The van der Waals surface area contributed by atoms with E-state index in [9.17, 15) is 20.1 Å². The van der Waals surface area contributed by atoms with Crippen LogP contribution in [0.15, 0.2) is 66.7 Å². The monoisotopic (exact) mass is 544 g/mol. The molecule has 194 valence electrons. The summed E-state index contributed by atoms with van der Waals surface area (Å²) in [6.45, 7) is 5.14. The van der Waals surface area contributed by atoms with E-state index in [0.717, 1.165) is 11.4 Å². The van der Waals surface area contributed by atoms with E-state index in [4.69, 9.17) is 15.6 Å². The minimum absolute atomic E-state index is 0. The third-order valence-corrected chi connectivity index (χ3v) is 5.67. The number of aromatic nitrogens is 2. The average molecular weight is 545 g/mol. The van der Waals surface area contributed by atoms with Gasteiger partial charge in [0.1, 0.15) is 0 Å². The first-order valence-corrected chi connectivity index (χ1v) is 11.5. The molecule has 0 saturated heterocycles. The maximum atomic E-state index is 11.4. The second-order valence-electron chi connectivity index (χ2n) is 8.38. The van der Waals surface area contributed by atoms with Gasteiger partial charge in [0.25, 0.3) is 0 Å². The van der Waals surface area contributed by atoms with Crippen LogP contribution >= 0.6 is 0 Å². The Balaban J connectivity index is 0.000000210. The van der Waals surface area contributed by atoms with Crippen LogP contribution in [0.5, 0.6) is 17.2 Å². The Morgan fingerprint density at radius 2 is 1.15 bits per heavy atom. The van der Waals surface area contributed by atoms with Gasteiger partial charge in [-0.05, 0) is 68.8 Å². The van der Waals surface area contributed by atoms with Crippen molar-refractivity contribution in [3.63, 3.8) is 0 Å². The quantitative estimate of drug-likeness (QED) is 0.310. The van der Waals surface area contributed by atoms with Crippen molar-refractivity contribution in [1.82, 2.24) is 9.97 Å². The summed E-state index contributed by atoms with van der Waals surface area (Å²) in [6, 6.07) is 21.2. The number of benzene rings is 3. The van der Waals surface area contributed by atoms with Crippen molar-refractivity contribution in [3.8, 4) is 29.4 Å². The molecule has 2 heterocycles. The van der Waals surface area contributed by atoms with E-state index in [1.807, 2.05) is 26.0 Å². The molecule has 2 aromatic heterocycles. The van der Waals surface area contributed by atoms with Crippen LogP contribution in [0.25, 0.3) is 21.8 Å². The molecule has 3 aromatic carbocycles. The molecule has 0 saturated carbocycles. The number of aromatic carboxylic acids is 1. The summed E-state index contributed by atoms with van der Waals surface area (Å²) in [5.41, 5.74) is 3.68.